The molecule has 1 atom stereocenters. The fourth-order valence-corrected chi connectivity index (χ4v) is 3.21. The number of rotatable bonds is 5. The van der Waals surface area contributed by atoms with Gasteiger partial charge in [0.25, 0.3) is 0 Å². The van der Waals surface area contributed by atoms with Crippen molar-refractivity contribution in [2.75, 3.05) is 11.2 Å². The predicted octanol–water partition coefficient (Wildman–Crippen LogP) is 3.48. The molecule has 2 aromatic heterocycles. The van der Waals surface area contributed by atoms with Crippen molar-refractivity contribution < 1.29 is 4.79 Å². The number of hydrogen-bond acceptors (Lipinski definition) is 6. The molecule has 0 aliphatic heterocycles. The number of benzene rings is 1. The van der Waals surface area contributed by atoms with Crippen LogP contribution in [0.15, 0.2) is 47.9 Å². The Labute approximate surface area is 163 Å². The zero-order valence-corrected chi connectivity index (χ0v) is 15.9. The fourth-order valence-electron chi connectivity index (χ4n) is 2.10. The second-order valence-corrected chi connectivity index (χ2v) is 7.36. The summed E-state index contributed by atoms with van der Waals surface area (Å²) in [5.41, 5.74) is 1.18. The van der Waals surface area contributed by atoms with Crippen LogP contribution in [0.5, 0.6) is 0 Å². The summed E-state index contributed by atoms with van der Waals surface area (Å²) in [4.78, 5) is 16.5. The molecule has 0 bridgehead atoms. The maximum Gasteiger partial charge on any atom is 0.237 e. The molecule has 0 saturated carbocycles. The second-order valence-electron chi connectivity index (χ2n) is 5.27. The van der Waals surface area contributed by atoms with Crippen molar-refractivity contribution >= 4 is 46.6 Å². The molecule has 2 heterocycles. The van der Waals surface area contributed by atoms with E-state index in [1.54, 1.807) is 43.6 Å². The van der Waals surface area contributed by atoms with Gasteiger partial charge in [0.1, 0.15) is 0 Å². The van der Waals surface area contributed by atoms with E-state index in [9.17, 15) is 4.79 Å². The number of thioether (sulfide) groups is 1. The van der Waals surface area contributed by atoms with Gasteiger partial charge in [-0.25, -0.2) is 4.68 Å². The van der Waals surface area contributed by atoms with Crippen molar-refractivity contribution in [1.82, 2.24) is 19.9 Å². The first-order valence-electron chi connectivity index (χ1n) is 7.49. The smallest absolute Gasteiger partial charge is 0.237 e. The molecule has 0 aliphatic carbocycles. The Morgan fingerprint density at radius 2 is 2.08 bits per heavy atom. The summed E-state index contributed by atoms with van der Waals surface area (Å²) in [6.07, 6.45) is 3.29. The van der Waals surface area contributed by atoms with Crippen molar-refractivity contribution in [3.8, 4) is 11.4 Å². The summed E-state index contributed by atoms with van der Waals surface area (Å²) < 4.78 is 1.33. The number of aromatic nitrogens is 4. The van der Waals surface area contributed by atoms with Gasteiger partial charge < -0.3 is 11.2 Å². The van der Waals surface area contributed by atoms with Gasteiger partial charge in [-0.3, -0.25) is 9.78 Å². The lowest BCUT2D eigenvalue weighted by atomic mass is 10.3. The topological polar surface area (TPSA) is 98.7 Å². The maximum atomic E-state index is 12.4. The highest BCUT2D eigenvalue weighted by Crippen LogP contribution is 2.31. The van der Waals surface area contributed by atoms with Crippen LogP contribution in [0.2, 0.25) is 10.0 Å². The zero-order chi connectivity index (χ0) is 18.7. The van der Waals surface area contributed by atoms with Crippen LogP contribution in [-0.4, -0.2) is 31.0 Å². The number of nitrogen functional groups attached to an aromatic ring is 1. The van der Waals surface area contributed by atoms with Crippen molar-refractivity contribution in [3.05, 3.63) is 52.8 Å². The Morgan fingerprint density at radius 3 is 2.81 bits per heavy atom. The first kappa shape index (κ1) is 18.5. The molecule has 134 valence electrons. The Bertz CT molecular complexity index is 934. The standard InChI is InChI=1S/C16H14Cl2N6OS/c1-9(15(25)21-12-6-2-5-11(17)13(12)18)26-16-23-22-14(24(16)19)10-4-3-7-20-8-10/h2-9H,19H2,1H3,(H,21,25)/t9-/m0/s1. The summed E-state index contributed by atoms with van der Waals surface area (Å²) in [5, 5.41) is 11.4. The summed E-state index contributed by atoms with van der Waals surface area (Å²) in [7, 11) is 0. The van der Waals surface area contributed by atoms with E-state index in [1.807, 2.05) is 6.07 Å². The van der Waals surface area contributed by atoms with Crippen LogP contribution in [0, 0.1) is 0 Å². The van der Waals surface area contributed by atoms with Crippen LogP contribution in [-0.2, 0) is 4.79 Å². The monoisotopic (exact) mass is 408 g/mol. The lowest BCUT2D eigenvalue weighted by Gasteiger charge is -2.13. The normalized spacial score (nSPS) is 12.0. The molecule has 7 nitrogen and oxygen atoms in total. The Hall–Kier alpha value is -2.29. The number of carbonyl (C=O) groups excluding carboxylic acids is 1. The summed E-state index contributed by atoms with van der Waals surface area (Å²) in [6, 6.07) is 8.64. The number of nitrogens with two attached hydrogens (primary N) is 1. The molecule has 26 heavy (non-hydrogen) atoms. The molecule has 1 amide bonds. The molecule has 1 aromatic carbocycles. The Morgan fingerprint density at radius 1 is 1.27 bits per heavy atom. The lowest BCUT2D eigenvalue weighted by molar-refractivity contribution is -0.115. The van der Waals surface area contributed by atoms with E-state index in [2.05, 4.69) is 20.5 Å². The van der Waals surface area contributed by atoms with E-state index < -0.39 is 5.25 Å². The highest BCUT2D eigenvalue weighted by atomic mass is 35.5. The van der Waals surface area contributed by atoms with E-state index in [4.69, 9.17) is 29.0 Å². The van der Waals surface area contributed by atoms with Crippen molar-refractivity contribution in [2.24, 2.45) is 0 Å². The number of pyridine rings is 1. The number of nitrogens with one attached hydrogen (secondary N) is 1. The minimum Gasteiger partial charge on any atom is -0.335 e. The Balaban J connectivity index is 1.72. The first-order valence-corrected chi connectivity index (χ1v) is 9.13. The molecule has 3 aromatic rings. The molecular formula is C16H14Cl2N6OS. The highest BCUT2D eigenvalue weighted by molar-refractivity contribution is 8.00. The molecule has 10 heteroatoms. The summed E-state index contributed by atoms with van der Waals surface area (Å²) >= 11 is 13.2. The SMILES string of the molecule is C[C@H](Sc1nnc(-c2cccnc2)n1N)C(=O)Nc1cccc(Cl)c1Cl. The first-order chi connectivity index (χ1) is 12.5. The number of hydrogen-bond donors (Lipinski definition) is 2. The molecule has 0 aliphatic rings. The van der Waals surface area contributed by atoms with Crippen LogP contribution in [0.25, 0.3) is 11.4 Å². The fraction of sp³-hybridized carbons (Fsp3) is 0.125. The van der Waals surface area contributed by atoms with Crippen LogP contribution in [0.4, 0.5) is 5.69 Å². The molecule has 0 saturated heterocycles. The molecular weight excluding hydrogens is 395 g/mol. The predicted molar refractivity (Wildman–Crippen MR) is 104 cm³/mol. The third kappa shape index (κ3) is 3.92. The van der Waals surface area contributed by atoms with Gasteiger partial charge in [-0.15, -0.1) is 10.2 Å². The van der Waals surface area contributed by atoms with Gasteiger partial charge in [0, 0.05) is 18.0 Å². The summed E-state index contributed by atoms with van der Waals surface area (Å²) in [6.45, 7) is 1.73. The molecule has 0 spiro atoms. The van der Waals surface area contributed by atoms with Crippen LogP contribution >= 0.6 is 35.0 Å². The van der Waals surface area contributed by atoms with Crippen LogP contribution < -0.4 is 11.2 Å². The van der Waals surface area contributed by atoms with Gasteiger partial charge in [0.05, 0.1) is 21.0 Å². The van der Waals surface area contributed by atoms with Gasteiger partial charge in [0.2, 0.25) is 11.1 Å². The van der Waals surface area contributed by atoms with Crippen LogP contribution in [0.3, 0.4) is 0 Å². The van der Waals surface area contributed by atoms with Gasteiger partial charge >= 0.3 is 0 Å². The van der Waals surface area contributed by atoms with E-state index in [0.29, 0.717) is 26.7 Å². The van der Waals surface area contributed by atoms with Gasteiger partial charge in [-0.05, 0) is 31.2 Å². The van der Waals surface area contributed by atoms with Crippen molar-refractivity contribution in [1.29, 1.82) is 0 Å². The van der Waals surface area contributed by atoms with E-state index in [-0.39, 0.29) is 5.91 Å². The number of nitrogens with zero attached hydrogens (tertiary/aromatic N) is 4. The second kappa shape index (κ2) is 7.94. The number of carbonyl (C=O) groups is 1. The minimum atomic E-state index is -0.488. The van der Waals surface area contributed by atoms with Gasteiger partial charge in [-0.2, -0.15) is 0 Å². The summed E-state index contributed by atoms with van der Waals surface area (Å²) in [5.74, 6) is 6.26. The molecule has 3 N–H and O–H groups in total. The van der Waals surface area contributed by atoms with Gasteiger partial charge in [0.15, 0.2) is 5.82 Å². The maximum absolute atomic E-state index is 12.4. The van der Waals surface area contributed by atoms with Crippen LogP contribution in [0.1, 0.15) is 6.92 Å². The lowest BCUT2D eigenvalue weighted by Crippen LogP contribution is -2.23. The Kier molecular flexibility index (Phi) is 5.65. The highest BCUT2D eigenvalue weighted by Gasteiger charge is 2.21. The molecule has 0 unspecified atom stereocenters. The van der Waals surface area contributed by atoms with Crippen molar-refractivity contribution in [3.63, 3.8) is 0 Å². The quantitative estimate of drug-likeness (QED) is 0.495. The zero-order valence-electron chi connectivity index (χ0n) is 13.6. The van der Waals surface area contributed by atoms with E-state index in [0.717, 1.165) is 5.56 Å². The number of halogens is 2. The van der Waals surface area contributed by atoms with E-state index in [1.165, 1.54) is 16.4 Å². The van der Waals surface area contributed by atoms with Gasteiger partial charge in [-0.1, -0.05) is 41.0 Å². The molecule has 0 fully saturated rings. The number of anilines is 1. The molecule has 0 radical (unpaired) electrons. The average Bonchev–Trinajstić information content (AvgIpc) is 3.00. The third-order valence-electron chi connectivity index (χ3n) is 3.45. The third-order valence-corrected chi connectivity index (χ3v) is 5.32. The average molecular weight is 409 g/mol. The number of amides is 1. The van der Waals surface area contributed by atoms with E-state index >= 15 is 0 Å². The van der Waals surface area contributed by atoms with Crippen molar-refractivity contribution in [2.45, 2.75) is 17.3 Å². The molecule has 3 rings (SSSR count). The minimum absolute atomic E-state index is 0.259. The largest absolute Gasteiger partial charge is 0.335 e.